The van der Waals surface area contributed by atoms with Gasteiger partial charge in [0.25, 0.3) is 0 Å². The van der Waals surface area contributed by atoms with E-state index in [4.69, 9.17) is 10.2 Å². The van der Waals surface area contributed by atoms with Crippen molar-refractivity contribution in [3.05, 3.63) is 5.92 Å². The first-order valence-electron chi connectivity index (χ1n) is 4.67. The third-order valence-electron chi connectivity index (χ3n) is 2.08. The van der Waals surface area contributed by atoms with Crippen molar-refractivity contribution in [2.45, 2.75) is 38.0 Å². The molecular formula is C9H11F4O4. The Kier molecular flexibility index (Phi) is 4.91. The average Bonchev–Trinajstić information content (AvgIpc) is 2.17. The van der Waals surface area contributed by atoms with E-state index < -0.39 is 36.1 Å². The summed E-state index contributed by atoms with van der Waals surface area (Å²) in [5.74, 6) is -17.4. The second kappa shape index (κ2) is 5.33. The Morgan fingerprint density at radius 1 is 1.00 bits per heavy atom. The van der Waals surface area contributed by atoms with E-state index in [2.05, 4.69) is 0 Å². The van der Waals surface area contributed by atoms with E-state index in [9.17, 15) is 27.2 Å². The first-order valence-corrected chi connectivity index (χ1v) is 4.67. The summed E-state index contributed by atoms with van der Waals surface area (Å²) in [6.07, 6.45) is -0.870. The van der Waals surface area contributed by atoms with Crippen LogP contribution in [-0.2, 0) is 9.59 Å². The van der Waals surface area contributed by atoms with Crippen molar-refractivity contribution >= 4 is 11.9 Å². The van der Waals surface area contributed by atoms with Crippen LogP contribution in [0.5, 0.6) is 0 Å². The SMILES string of the molecule is CCCC[C](C(F)(F)C(=O)O)C(F)(F)C(=O)O. The molecule has 0 aromatic carbocycles. The summed E-state index contributed by atoms with van der Waals surface area (Å²) in [6.45, 7) is 1.51. The van der Waals surface area contributed by atoms with Crippen molar-refractivity contribution in [1.29, 1.82) is 0 Å². The zero-order valence-corrected chi connectivity index (χ0v) is 8.84. The Balaban J connectivity index is 5.27. The van der Waals surface area contributed by atoms with E-state index in [1.807, 2.05) is 0 Å². The van der Waals surface area contributed by atoms with Crippen LogP contribution in [0.1, 0.15) is 26.2 Å². The number of carboxylic acid groups (broad SMARTS) is 2. The molecule has 4 nitrogen and oxygen atoms in total. The molecule has 0 spiro atoms. The van der Waals surface area contributed by atoms with Gasteiger partial charge in [0.2, 0.25) is 0 Å². The lowest BCUT2D eigenvalue weighted by molar-refractivity contribution is -0.181. The van der Waals surface area contributed by atoms with E-state index in [0.717, 1.165) is 0 Å². The number of rotatable bonds is 7. The molecule has 2 N–H and O–H groups in total. The fraction of sp³-hybridized carbons (Fsp3) is 0.667. The van der Waals surface area contributed by atoms with Crippen LogP contribution in [-0.4, -0.2) is 34.0 Å². The van der Waals surface area contributed by atoms with Gasteiger partial charge < -0.3 is 10.2 Å². The van der Waals surface area contributed by atoms with E-state index in [-0.39, 0.29) is 12.8 Å². The van der Waals surface area contributed by atoms with Crippen LogP contribution >= 0.6 is 0 Å². The topological polar surface area (TPSA) is 74.6 Å². The van der Waals surface area contributed by atoms with Gasteiger partial charge in [-0.25, -0.2) is 9.59 Å². The van der Waals surface area contributed by atoms with E-state index >= 15 is 0 Å². The second-order valence-corrected chi connectivity index (χ2v) is 3.34. The number of alkyl halides is 4. The summed E-state index contributed by atoms with van der Waals surface area (Å²) in [5.41, 5.74) is 0. The van der Waals surface area contributed by atoms with Gasteiger partial charge >= 0.3 is 23.8 Å². The number of halogens is 4. The molecule has 0 bridgehead atoms. The van der Waals surface area contributed by atoms with E-state index in [1.165, 1.54) is 6.92 Å². The van der Waals surface area contributed by atoms with Gasteiger partial charge in [0.05, 0.1) is 0 Å². The maximum atomic E-state index is 13.0. The summed E-state index contributed by atoms with van der Waals surface area (Å²) in [7, 11) is 0. The quantitative estimate of drug-likeness (QED) is 0.687. The third kappa shape index (κ3) is 3.31. The predicted octanol–water partition coefficient (Wildman–Crippen LogP) is 2.19. The number of unbranched alkanes of at least 4 members (excludes halogenated alkanes) is 1. The van der Waals surface area contributed by atoms with Crippen LogP contribution in [0.3, 0.4) is 0 Å². The Labute approximate surface area is 94.2 Å². The van der Waals surface area contributed by atoms with Gasteiger partial charge in [-0.1, -0.05) is 19.8 Å². The highest BCUT2D eigenvalue weighted by atomic mass is 19.3. The highest BCUT2D eigenvalue weighted by Gasteiger charge is 2.63. The number of carbonyl (C=O) groups is 2. The van der Waals surface area contributed by atoms with Gasteiger partial charge in [-0.05, 0) is 6.42 Å². The van der Waals surface area contributed by atoms with Crippen LogP contribution in [0, 0.1) is 5.92 Å². The molecule has 0 amide bonds. The highest BCUT2D eigenvalue weighted by Crippen LogP contribution is 2.42. The smallest absolute Gasteiger partial charge is 0.375 e. The molecule has 0 fully saturated rings. The van der Waals surface area contributed by atoms with Gasteiger partial charge in [-0.3, -0.25) is 0 Å². The van der Waals surface area contributed by atoms with Gasteiger partial charge in [-0.2, -0.15) is 17.6 Å². The number of carboxylic acids is 2. The molecule has 0 aliphatic rings. The van der Waals surface area contributed by atoms with Crippen LogP contribution in [0.15, 0.2) is 0 Å². The molecule has 0 heterocycles. The molecule has 99 valence electrons. The van der Waals surface area contributed by atoms with E-state index in [1.54, 1.807) is 0 Å². The average molecular weight is 259 g/mol. The zero-order chi connectivity index (χ0) is 13.9. The Bertz CT molecular complexity index is 277. The van der Waals surface area contributed by atoms with Gasteiger partial charge in [0.1, 0.15) is 5.92 Å². The van der Waals surface area contributed by atoms with Crippen molar-refractivity contribution in [3.63, 3.8) is 0 Å². The molecule has 8 heteroatoms. The van der Waals surface area contributed by atoms with Crippen LogP contribution < -0.4 is 0 Å². The largest absolute Gasteiger partial charge is 0.477 e. The fourth-order valence-electron chi connectivity index (χ4n) is 1.12. The molecule has 0 atom stereocenters. The summed E-state index contributed by atoms with van der Waals surface area (Å²) in [4.78, 5) is 20.4. The van der Waals surface area contributed by atoms with Crippen molar-refractivity contribution in [2.24, 2.45) is 0 Å². The highest BCUT2D eigenvalue weighted by molar-refractivity contribution is 5.85. The molecular weight excluding hydrogens is 248 g/mol. The van der Waals surface area contributed by atoms with Crippen molar-refractivity contribution < 1.29 is 37.4 Å². The van der Waals surface area contributed by atoms with Crippen molar-refractivity contribution in [3.8, 4) is 0 Å². The normalized spacial score (nSPS) is 12.8. The van der Waals surface area contributed by atoms with E-state index in [0.29, 0.717) is 0 Å². The lowest BCUT2D eigenvalue weighted by Gasteiger charge is -2.27. The first kappa shape index (κ1) is 15.7. The summed E-state index contributed by atoms with van der Waals surface area (Å²) >= 11 is 0. The molecule has 0 saturated carbocycles. The fourth-order valence-corrected chi connectivity index (χ4v) is 1.12. The summed E-state index contributed by atoms with van der Waals surface area (Å²) in [5, 5.41) is 16.3. The first-order chi connectivity index (χ1) is 7.58. The van der Waals surface area contributed by atoms with Gasteiger partial charge in [-0.15, -0.1) is 0 Å². The van der Waals surface area contributed by atoms with Crippen LogP contribution in [0.25, 0.3) is 0 Å². The minimum Gasteiger partial charge on any atom is -0.477 e. The summed E-state index contributed by atoms with van der Waals surface area (Å²) in [6, 6.07) is 0. The Morgan fingerprint density at radius 2 is 1.35 bits per heavy atom. The van der Waals surface area contributed by atoms with Crippen LogP contribution in [0.4, 0.5) is 17.6 Å². The number of aliphatic carboxylic acids is 2. The molecule has 0 aromatic rings. The molecule has 0 saturated heterocycles. The molecule has 0 aromatic heterocycles. The standard InChI is InChI=1S/C9H11F4O4/c1-2-3-4-5(8(10,11)6(14)15)9(12,13)7(16)17/h2-4H2,1H3,(H,14,15)(H,16,17). The van der Waals surface area contributed by atoms with Crippen molar-refractivity contribution in [1.82, 2.24) is 0 Å². The predicted molar refractivity (Wildman–Crippen MR) is 47.9 cm³/mol. The molecule has 0 aliphatic carbocycles. The number of hydrogen-bond acceptors (Lipinski definition) is 2. The minimum atomic E-state index is -4.86. The minimum absolute atomic E-state index is 0.152. The molecule has 0 rings (SSSR count). The second-order valence-electron chi connectivity index (χ2n) is 3.34. The molecule has 17 heavy (non-hydrogen) atoms. The molecule has 1 radical (unpaired) electrons. The molecule has 0 unspecified atom stereocenters. The Morgan fingerprint density at radius 3 is 1.59 bits per heavy atom. The van der Waals surface area contributed by atoms with Crippen LogP contribution in [0.2, 0.25) is 0 Å². The monoisotopic (exact) mass is 259 g/mol. The molecule has 0 aliphatic heterocycles. The maximum absolute atomic E-state index is 13.0. The zero-order valence-electron chi connectivity index (χ0n) is 8.84. The van der Waals surface area contributed by atoms with Gasteiger partial charge in [0, 0.05) is 0 Å². The lowest BCUT2D eigenvalue weighted by Crippen LogP contribution is -2.49. The third-order valence-corrected chi connectivity index (χ3v) is 2.08. The lowest BCUT2D eigenvalue weighted by atomic mass is 9.88. The maximum Gasteiger partial charge on any atom is 0.375 e. The van der Waals surface area contributed by atoms with Crippen molar-refractivity contribution in [2.75, 3.05) is 0 Å². The Hall–Kier alpha value is -1.34. The summed E-state index contributed by atoms with van der Waals surface area (Å²) < 4.78 is 52.0. The van der Waals surface area contributed by atoms with Gasteiger partial charge in [0.15, 0.2) is 0 Å². The number of hydrogen-bond donors (Lipinski definition) is 2.